The summed E-state index contributed by atoms with van der Waals surface area (Å²) in [6.45, 7) is 4.48. The van der Waals surface area contributed by atoms with Crippen LogP contribution in [0.15, 0.2) is 47.4 Å². The fourth-order valence-corrected chi connectivity index (χ4v) is 3.76. The highest BCUT2D eigenvalue weighted by Crippen LogP contribution is 2.25. The summed E-state index contributed by atoms with van der Waals surface area (Å²) in [5, 5.41) is 1.62. The van der Waals surface area contributed by atoms with Crippen molar-refractivity contribution in [2.45, 2.75) is 44.4 Å². The highest BCUT2D eigenvalue weighted by molar-refractivity contribution is 7.87. The minimum atomic E-state index is -3.72. The Hall–Kier alpha value is -1.39. The van der Waals surface area contributed by atoms with Crippen LogP contribution in [0.2, 0.25) is 0 Å². The van der Waals surface area contributed by atoms with Gasteiger partial charge in [-0.15, -0.1) is 0 Å². The van der Waals surface area contributed by atoms with Gasteiger partial charge in [0.2, 0.25) is 0 Å². The first-order valence-corrected chi connectivity index (χ1v) is 9.36. The molecular weight excluding hydrogens is 296 g/mol. The zero-order chi connectivity index (χ0) is 16.0. The summed E-state index contributed by atoms with van der Waals surface area (Å²) < 4.78 is 30.4. The molecule has 0 bridgehead atoms. The molecule has 0 amide bonds. The largest absolute Gasteiger partial charge is 0.297 e. The fraction of sp³-hybridized carbons (Fsp3) is 0.444. The van der Waals surface area contributed by atoms with Crippen molar-refractivity contribution in [3.63, 3.8) is 0 Å². The van der Waals surface area contributed by atoms with Crippen molar-refractivity contribution in [2.24, 2.45) is 5.92 Å². The van der Waals surface area contributed by atoms with E-state index in [0.717, 1.165) is 31.1 Å². The van der Waals surface area contributed by atoms with Gasteiger partial charge in [0.05, 0.1) is 6.61 Å². The van der Waals surface area contributed by atoms with E-state index < -0.39 is 10.1 Å². The van der Waals surface area contributed by atoms with E-state index in [-0.39, 0.29) is 11.5 Å². The molecule has 1 unspecified atom stereocenters. The number of rotatable bonds is 8. The summed E-state index contributed by atoms with van der Waals surface area (Å²) in [7, 11) is -3.72. The van der Waals surface area contributed by atoms with Crippen LogP contribution in [0.25, 0.3) is 10.8 Å². The normalized spacial score (nSPS) is 13.4. The highest BCUT2D eigenvalue weighted by Gasteiger charge is 2.20. The molecule has 0 aromatic heterocycles. The van der Waals surface area contributed by atoms with Gasteiger partial charge in [0.15, 0.2) is 0 Å². The monoisotopic (exact) mass is 320 g/mol. The Morgan fingerprint density at radius 3 is 2.50 bits per heavy atom. The predicted molar refractivity (Wildman–Crippen MR) is 90.4 cm³/mol. The van der Waals surface area contributed by atoms with E-state index in [2.05, 4.69) is 13.8 Å². The van der Waals surface area contributed by atoms with E-state index in [1.807, 2.05) is 30.3 Å². The molecular formula is C18H24O3S. The minimum Gasteiger partial charge on any atom is -0.266 e. The first kappa shape index (κ1) is 17.0. The standard InChI is InChI=1S/C18H24O3S/c1-3-5-9-15(4-2)14-21-22(19,20)18-13-8-11-16-10-6-7-12-17(16)18/h6-8,10-13,15H,3-5,9,14H2,1-2H3. The number of hydrogen-bond acceptors (Lipinski definition) is 3. The molecule has 2 aromatic carbocycles. The molecule has 0 aliphatic heterocycles. The van der Waals surface area contributed by atoms with Crippen molar-refractivity contribution in [3.05, 3.63) is 42.5 Å². The zero-order valence-corrected chi connectivity index (χ0v) is 14.1. The van der Waals surface area contributed by atoms with Crippen LogP contribution in [0.5, 0.6) is 0 Å². The summed E-state index contributed by atoms with van der Waals surface area (Å²) in [6.07, 6.45) is 4.17. The molecule has 2 rings (SSSR count). The lowest BCUT2D eigenvalue weighted by molar-refractivity contribution is 0.238. The minimum absolute atomic E-state index is 0.260. The third kappa shape index (κ3) is 4.08. The lowest BCUT2D eigenvalue weighted by atomic mass is 10.0. The van der Waals surface area contributed by atoms with Gasteiger partial charge in [0.1, 0.15) is 4.90 Å². The molecule has 3 nitrogen and oxygen atoms in total. The van der Waals surface area contributed by atoms with Crippen molar-refractivity contribution in [1.82, 2.24) is 0 Å². The molecule has 22 heavy (non-hydrogen) atoms. The van der Waals surface area contributed by atoms with Gasteiger partial charge in [-0.1, -0.05) is 69.5 Å². The van der Waals surface area contributed by atoms with Crippen LogP contribution >= 0.6 is 0 Å². The van der Waals surface area contributed by atoms with Crippen LogP contribution in [0.3, 0.4) is 0 Å². The van der Waals surface area contributed by atoms with Crippen LogP contribution in [0.4, 0.5) is 0 Å². The van der Waals surface area contributed by atoms with Crippen LogP contribution in [-0.2, 0) is 14.3 Å². The molecule has 0 N–H and O–H groups in total. The van der Waals surface area contributed by atoms with Gasteiger partial charge in [-0.25, -0.2) is 0 Å². The van der Waals surface area contributed by atoms with E-state index >= 15 is 0 Å². The summed E-state index contributed by atoms with van der Waals surface area (Å²) in [6, 6.07) is 12.8. The molecule has 0 aliphatic rings. The maximum Gasteiger partial charge on any atom is 0.297 e. The first-order chi connectivity index (χ1) is 10.6. The Balaban J connectivity index is 2.19. The molecule has 0 fully saturated rings. The van der Waals surface area contributed by atoms with Crippen molar-refractivity contribution >= 4 is 20.9 Å². The number of unbranched alkanes of at least 4 members (excludes halogenated alkanes) is 1. The van der Waals surface area contributed by atoms with Gasteiger partial charge in [0.25, 0.3) is 10.1 Å². The summed E-state index contributed by atoms with van der Waals surface area (Å²) in [4.78, 5) is 0.260. The number of benzene rings is 2. The predicted octanol–water partition coefficient (Wildman–Crippen LogP) is 4.76. The van der Waals surface area contributed by atoms with Crippen LogP contribution in [0, 0.1) is 5.92 Å². The van der Waals surface area contributed by atoms with Crippen LogP contribution in [0.1, 0.15) is 39.5 Å². The third-order valence-corrected chi connectivity index (χ3v) is 5.36. The van der Waals surface area contributed by atoms with Crippen molar-refractivity contribution < 1.29 is 12.6 Å². The lowest BCUT2D eigenvalue weighted by Crippen LogP contribution is -2.14. The SMILES string of the molecule is CCCCC(CC)COS(=O)(=O)c1cccc2ccccc12. The van der Waals surface area contributed by atoms with E-state index in [0.29, 0.717) is 11.3 Å². The first-order valence-electron chi connectivity index (χ1n) is 7.95. The van der Waals surface area contributed by atoms with E-state index in [1.165, 1.54) is 0 Å². The second-order valence-corrected chi connectivity index (χ2v) is 7.22. The second kappa shape index (κ2) is 7.75. The van der Waals surface area contributed by atoms with E-state index in [4.69, 9.17) is 4.18 Å². The van der Waals surface area contributed by atoms with Gasteiger partial charge >= 0.3 is 0 Å². The Kier molecular flexibility index (Phi) is 5.98. The summed E-state index contributed by atoms with van der Waals surface area (Å²) in [5.41, 5.74) is 0. The summed E-state index contributed by atoms with van der Waals surface area (Å²) in [5.74, 6) is 0.296. The molecule has 2 aromatic rings. The van der Waals surface area contributed by atoms with Crippen molar-refractivity contribution in [3.8, 4) is 0 Å². The maximum absolute atomic E-state index is 12.5. The molecule has 0 spiro atoms. The van der Waals surface area contributed by atoms with E-state index in [1.54, 1.807) is 12.1 Å². The lowest BCUT2D eigenvalue weighted by Gasteiger charge is -2.15. The molecule has 0 heterocycles. The van der Waals surface area contributed by atoms with Crippen molar-refractivity contribution in [1.29, 1.82) is 0 Å². The van der Waals surface area contributed by atoms with Gasteiger partial charge in [-0.3, -0.25) is 4.18 Å². The van der Waals surface area contributed by atoms with E-state index in [9.17, 15) is 8.42 Å². The number of hydrogen-bond donors (Lipinski definition) is 0. The molecule has 0 saturated heterocycles. The Labute approximate surface area is 133 Å². The Morgan fingerprint density at radius 2 is 1.77 bits per heavy atom. The van der Waals surface area contributed by atoms with Gasteiger partial charge in [-0.05, 0) is 23.8 Å². The quantitative estimate of drug-likeness (QED) is 0.659. The second-order valence-electron chi connectivity index (χ2n) is 5.63. The maximum atomic E-state index is 12.5. The molecule has 1 atom stereocenters. The summed E-state index contributed by atoms with van der Waals surface area (Å²) >= 11 is 0. The smallest absolute Gasteiger partial charge is 0.266 e. The van der Waals surface area contributed by atoms with Crippen LogP contribution in [-0.4, -0.2) is 15.0 Å². The fourth-order valence-electron chi connectivity index (χ4n) is 2.56. The Bertz CT molecular complexity index is 702. The van der Waals surface area contributed by atoms with Gasteiger partial charge in [-0.2, -0.15) is 8.42 Å². The van der Waals surface area contributed by atoms with Crippen molar-refractivity contribution in [2.75, 3.05) is 6.61 Å². The van der Waals surface area contributed by atoms with Gasteiger partial charge in [0, 0.05) is 5.39 Å². The molecule has 0 aliphatic carbocycles. The van der Waals surface area contributed by atoms with Gasteiger partial charge < -0.3 is 0 Å². The average molecular weight is 320 g/mol. The highest BCUT2D eigenvalue weighted by atomic mass is 32.2. The molecule has 0 radical (unpaired) electrons. The van der Waals surface area contributed by atoms with Crippen LogP contribution < -0.4 is 0 Å². The molecule has 0 saturated carbocycles. The Morgan fingerprint density at radius 1 is 1.05 bits per heavy atom. The third-order valence-electron chi connectivity index (χ3n) is 4.02. The average Bonchev–Trinajstić information content (AvgIpc) is 2.54. The molecule has 120 valence electrons. The molecule has 4 heteroatoms. The topological polar surface area (TPSA) is 43.4 Å². The zero-order valence-electron chi connectivity index (χ0n) is 13.3. The number of fused-ring (bicyclic) bond motifs is 1.